The third kappa shape index (κ3) is 33.0. The third-order valence-electron chi connectivity index (χ3n) is 14.9. The van der Waals surface area contributed by atoms with Gasteiger partial charge >= 0.3 is 18.1 Å². The van der Waals surface area contributed by atoms with E-state index in [4.69, 9.17) is 21.3 Å². The van der Waals surface area contributed by atoms with E-state index in [-0.39, 0.29) is 162 Å². The third-order valence-corrected chi connectivity index (χ3v) is 14.9. The van der Waals surface area contributed by atoms with Crippen molar-refractivity contribution in [2.24, 2.45) is 46.8 Å². The molecule has 2 fully saturated rings. The number of nitrogens with zero attached hydrogens (tertiary/aromatic N) is 2. The fraction of sp³-hybridized carbons (Fsp3) is 0.651. The first kappa shape index (κ1) is 78.3. The maximum atomic E-state index is 13.3. The van der Waals surface area contributed by atoms with Crippen LogP contribution < -0.4 is 70.4 Å². The SMILES string of the molecule is [2H]C(=O)OCc1ccc(NC(=O)[C@H](CCCNC(N)=O)NC(=O)[C@@H](NC(=O)CCCN2C(=O)CC(C)C2=O)C(C)C)cc1.[2H]CC(=O)[C@H](CCCNC(N)=O)NC(=O)[C@@H](NC(=O)CCCN1C(=O)CC(C)C1=O)C(C)C.[2H]CC(=O)[C@H](CCCNC(N)=O)NC(=O)[C@@H](NCC)C(C)C. The lowest BCUT2D eigenvalue weighted by Crippen LogP contribution is -2.54. The number of likely N-dealkylation sites (N-methyl/N-ethyl adjacent to an activating group) is 1. The number of likely N-dealkylation sites (tertiary alicyclic amines) is 2. The van der Waals surface area contributed by atoms with Gasteiger partial charge in [0.2, 0.25) is 59.1 Å². The highest BCUT2D eigenvalue weighted by Crippen LogP contribution is 2.21. The van der Waals surface area contributed by atoms with E-state index in [0.717, 1.165) is 9.80 Å². The largest absolute Gasteiger partial charge is 0.463 e. The fourth-order valence-corrected chi connectivity index (χ4v) is 9.63. The molecule has 32 nitrogen and oxygen atoms in total. The van der Waals surface area contributed by atoms with Crippen molar-refractivity contribution in [3.8, 4) is 0 Å². The summed E-state index contributed by atoms with van der Waals surface area (Å²) in [7, 11) is 0. The minimum absolute atomic E-state index is 0.0123. The van der Waals surface area contributed by atoms with E-state index in [0.29, 0.717) is 50.0 Å². The first-order valence-corrected chi connectivity index (χ1v) is 31.8. The lowest BCUT2D eigenvalue weighted by Gasteiger charge is -2.25. The van der Waals surface area contributed by atoms with Gasteiger partial charge in [-0.25, -0.2) is 14.4 Å². The predicted molar refractivity (Wildman–Crippen MR) is 349 cm³/mol. The molecule has 0 aromatic heterocycles. The number of amides is 16. The Balaban J connectivity index is 0.000000776. The molecule has 16 N–H and O–H groups in total. The standard InChI is InChI=1S/C28H40N6O8.C21H35N5O6.C14H28N4O3/c1-17(2)24(33-22(36)7-5-13-34-23(37)14-18(3)27(34)40)26(39)32-21(6-4-12-30-28(29)41)25(38)31-20-10-8-19(9-11-20)15-42-16-35;1-12(2)18(19(30)24-15(14(4)27)7-5-9-23-21(22)32)25-16(28)8-6-10-26-17(29)11-13(3)20(26)31;1-5-16-12(9(2)3)13(20)18-11(10(4)19)7-6-8-17-14(15)21/h8-11,16-18,21,24H,4-7,12-15H2,1-3H3,(H,31,38)(H,32,39)(H,33,36)(H3,29,30,41);12-13,15,18H,5-11H2,1-4H3,(H,24,30)(H,25,28)(H3,22,23,32);9,11-12,16H,5-8H2,1-4H3,(H,18,20)(H3,15,17,21)/t18?,21-,24-;13?,15-,18-;11-,12-/m000/s1/i16D;2*4D. The minimum atomic E-state index is -1.16. The average Bonchev–Trinajstić information content (AvgIpc) is 1.65. The summed E-state index contributed by atoms with van der Waals surface area (Å²) in [5.41, 5.74) is 16.1. The highest BCUT2D eigenvalue weighted by molar-refractivity contribution is 6.04. The van der Waals surface area contributed by atoms with Gasteiger partial charge in [-0.2, -0.15) is 0 Å². The Morgan fingerprint density at radius 3 is 1.25 bits per heavy atom. The van der Waals surface area contributed by atoms with Crippen LogP contribution in [0.15, 0.2) is 24.3 Å². The van der Waals surface area contributed by atoms with E-state index in [2.05, 4.69) is 57.9 Å². The second-order valence-electron chi connectivity index (χ2n) is 24.0. The average molecular weight is 1350 g/mol. The van der Waals surface area contributed by atoms with Gasteiger partial charge in [-0.3, -0.25) is 72.1 Å². The lowest BCUT2D eigenvalue weighted by molar-refractivity contribution is -0.141. The quantitative estimate of drug-likeness (QED) is 0.0243. The van der Waals surface area contributed by atoms with Crippen LogP contribution in [0.25, 0.3) is 0 Å². The van der Waals surface area contributed by atoms with Crippen LogP contribution in [-0.2, 0) is 73.7 Å². The van der Waals surface area contributed by atoms with Crippen LogP contribution in [0.2, 0.25) is 0 Å². The highest BCUT2D eigenvalue weighted by Gasteiger charge is 2.37. The molecule has 3 rings (SSSR count). The summed E-state index contributed by atoms with van der Waals surface area (Å²) in [4.78, 5) is 194. The smallest absolute Gasteiger partial charge is 0.312 e. The Morgan fingerprint density at radius 2 is 0.926 bits per heavy atom. The van der Waals surface area contributed by atoms with Crippen molar-refractivity contribution >= 4 is 101 Å². The Hall–Kier alpha value is -9.10. The molecular formula is C63H103N15O17. The van der Waals surface area contributed by atoms with Crippen LogP contribution in [-0.4, -0.2) is 180 Å². The van der Waals surface area contributed by atoms with Gasteiger partial charge in [-0.1, -0.05) is 74.4 Å². The molecule has 2 heterocycles. The zero-order valence-electron chi connectivity index (χ0n) is 59.1. The molecule has 2 aliphatic rings. The summed E-state index contributed by atoms with van der Waals surface area (Å²) in [6.07, 6.45) is 1.58. The maximum Gasteiger partial charge on any atom is 0.312 e. The van der Waals surface area contributed by atoms with E-state index in [1.807, 2.05) is 20.8 Å². The number of carbonyl (C=O) groups is 16. The number of benzene rings is 1. The normalized spacial score (nSPS) is 16.5. The minimum Gasteiger partial charge on any atom is -0.463 e. The van der Waals surface area contributed by atoms with Gasteiger partial charge < -0.3 is 75.1 Å². The molecule has 0 saturated carbocycles. The lowest BCUT2D eigenvalue weighted by atomic mass is 10.0. The molecule has 95 heavy (non-hydrogen) atoms. The van der Waals surface area contributed by atoms with Crippen LogP contribution >= 0.6 is 0 Å². The number of ether oxygens (including phenoxy) is 1. The Labute approximate surface area is 559 Å². The topological polar surface area (TPSA) is 487 Å². The van der Waals surface area contributed by atoms with E-state index >= 15 is 0 Å². The van der Waals surface area contributed by atoms with E-state index in [1.165, 1.54) is 0 Å². The number of Topliss-reactive ketones (excluding diaryl/α,β-unsaturated/α-hetero) is 2. The number of hydrogen-bond acceptors (Lipinski definition) is 18. The zero-order valence-corrected chi connectivity index (χ0v) is 56.1. The number of urea groups is 3. The molecule has 0 bridgehead atoms. The van der Waals surface area contributed by atoms with Gasteiger partial charge in [0.1, 0.15) is 24.7 Å². The van der Waals surface area contributed by atoms with Gasteiger partial charge in [-0.05, 0) is 107 Å². The number of nitrogens with two attached hydrogens (primary N) is 3. The summed E-state index contributed by atoms with van der Waals surface area (Å²) in [6, 6.07) is -0.622. The molecule has 16 amide bonds. The number of hydrogen-bond donors (Lipinski definition) is 13. The molecule has 2 unspecified atom stereocenters. The molecule has 532 valence electrons. The Bertz CT molecular complexity index is 2890. The summed E-state index contributed by atoms with van der Waals surface area (Å²) in [5, 5.41) is 26.4. The summed E-state index contributed by atoms with van der Waals surface area (Å²) in [5.74, 6) is -5.84. The summed E-state index contributed by atoms with van der Waals surface area (Å²) >= 11 is 0. The van der Waals surface area contributed by atoms with Crippen molar-refractivity contribution in [3.63, 3.8) is 0 Å². The van der Waals surface area contributed by atoms with Gasteiger partial charge in [0, 0.05) is 78.7 Å². The first-order valence-electron chi connectivity index (χ1n) is 33.7. The molecule has 32 heteroatoms. The van der Waals surface area contributed by atoms with Crippen LogP contribution in [0.5, 0.6) is 0 Å². The van der Waals surface area contributed by atoms with E-state index in [1.54, 1.807) is 65.8 Å². The monoisotopic (exact) mass is 1340 g/mol. The molecule has 0 aliphatic carbocycles. The number of primary amides is 3. The molecule has 8 atom stereocenters. The summed E-state index contributed by atoms with van der Waals surface area (Å²) in [6.45, 7) is 16.7. The fourth-order valence-electron chi connectivity index (χ4n) is 9.63. The predicted octanol–water partition coefficient (Wildman–Crippen LogP) is 0.515. The van der Waals surface area contributed by atoms with Crippen molar-refractivity contribution in [1.82, 2.24) is 57.7 Å². The van der Waals surface area contributed by atoms with Crippen molar-refractivity contribution in [1.29, 1.82) is 0 Å². The molecule has 1 aromatic rings. The Morgan fingerprint density at radius 1 is 0.558 bits per heavy atom. The van der Waals surface area contributed by atoms with E-state index < -0.39 is 97.0 Å². The number of anilines is 1. The van der Waals surface area contributed by atoms with E-state index in [9.17, 15) is 76.7 Å². The highest BCUT2D eigenvalue weighted by atomic mass is 16.5. The molecule has 0 radical (unpaired) electrons. The molecule has 1 aromatic carbocycles. The van der Waals surface area contributed by atoms with Gasteiger partial charge in [0.25, 0.3) is 6.45 Å². The van der Waals surface area contributed by atoms with Crippen LogP contribution in [0.4, 0.5) is 20.1 Å². The second-order valence-corrected chi connectivity index (χ2v) is 24.0. The second kappa shape index (κ2) is 44.5. The van der Waals surface area contributed by atoms with Crippen LogP contribution in [0.1, 0.15) is 163 Å². The number of imide groups is 2. The summed E-state index contributed by atoms with van der Waals surface area (Å²) < 4.78 is 25.9. The number of carbonyl (C=O) groups excluding carboxylic acids is 16. The van der Waals surface area contributed by atoms with Crippen molar-refractivity contribution in [3.05, 3.63) is 29.8 Å². The van der Waals surface area contributed by atoms with Crippen molar-refractivity contribution in [2.45, 2.75) is 196 Å². The van der Waals surface area contributed by atoms with Crippen molar-refractivity contribution < 1.29 is 85.6 Å². The first-order chi connectivity index (χ1) is 46.1. The number of ketones is 2. The Kier molecular flexibility index (Phi) is 36.7. The number of rotatable bonds is 39. The van der Waals surface area contributed by atoms with Crippen LogP contribution in [0, 0.1) is 29.6 Å². The molecular weight excluding hydrogens is 1240 g/mol. The molecule has 0 spiro atoms. The van der Waals surface area contributed by atoms with Crippen molar-refractivity contribution in [2.75, 3.05) is 44.6 Å². The van der Waals surface area contributed by atoms with Crippen LogP contribution in [0.3, 0.4) is 0 Å². The molecule has 2 saturated heterocycles. The number of nitrogens with one attached hydrogen (secondary N) is 10. The zero-order chi connectivity index (χ0) is 74.4. The van der Waals surface area contributed by atoms with Gasteiger partial charge in [0.15, 0.2) is 12.9 Å². The van der Waals surface area contributed by atoms with Gasteiger partial charge in [0.05, 0.1) is 18.1 Å². The maximum absolute atomic E-state index is 13.3. The molecule has 2 aliphatic heterocycles. The van der Waals surface area contributed by atoms with Gasteiger partial charge in [-0.15, -0.1) is 0 Å².